The highest BCUT2D eigenvalue weighted by atomic mass is 16.1. The Bertz CT molecular complexity index is 881. The maximum Gasteiger partial charge on any atom is 0.251 e. The summed E-state index contributed by atoms with van der Waals surface area (Å²) in [5.74, 6) is 0.518. The van der Waals surface area contributed by atoms with Gasteiger partial charge in [0.05, 0.1) is 5.69 Å². The largest absolute Gasteiger partial charge is 0.352 e. The number of nitrogens with one attached hydrogen (secondary N) is 1. The molecule has 2 aromatic heterocycles. The number of carbonyl (C=O) groups is 1. The Labute approximate surface area is 145 Å². The Morgan fingerprint density at radius 1 is 1.24 bits per heavy atom. The molecule has 8 nitrogen and oxygen atoms in total. The van der Waals surface area contributed by atoms with Gasteiger partial charge < -0.3 is 5.32 Å². The van der Waals surface area contributed by atoms with E-state index in [-0.39, 0.29) is 5.91 Å². The van der Waals surface area contributed by atoms with E-state index in [1.54, 1.807) is 23.9 Å². The van der Waals surface area contributed by atoms with Crippen molar-refractivity contribution in [1.82, 2.24) is 35.3 Å². The lowest BCUT2D eigenvalue weighted by molar-refractivity contribution is 0.0952. The van der Waals surface area contributed by atoms with Crippen LogP contribution in [0.5, 0.6) is 0 Å². The lowest BCUT2D eigenvalue weighted by Gasteiger charge is -2.08. The standard InChI is InChI=1S/C17H21N7O/c1-12-10-13(2)24(20-12)9-5-8-18-17(25)15-7-4-6-14(11-15)16-19-21-22-23(16)3/h4,6-7,10-11H,5,8-9H2,1-3H3,(H,18,25). The molecule has 3 aromatic rings. The third-order valence-electron chi connectivity index (χ3n) is 3.94. The average Bonchev–Trinajstić information content (AvgIpc) is 3.16. The van der Waals surface area contributed by atoms with E-state index in [1.807, 2.05) is 36.7 Å². The maximum absolute atomic E-state index is 12.3. The minimum atomic E-state index is -0.106. The molecule has 0 aliphatic heterocycles. The molecule has 25 heavy (non-hydrogen) atoms. The molecule has 130 valence electrons. The van der Waals surface area contributed by atoms with E-state index >= 15 is 0 Å². The number of aromatic nitrogens is 6. The SMILES string of the molecule is Cc1cc(C)n(CCCNC(=O)c2cccc(-c3nnnn3C)c2)n1. The van der Waals surface area contributed by atoms with Crippen molar-refractivity contribution < 1.29 is 4.79 Å². The number of aryl methyl sites for hydroxylation is 4. The summed E-state index contributed by atoms with van der Waals surface area (Å²) < 4.78 is 3.54. The Hall–Kier alpha value is -3.03. The van der Waals surface area contributed by atoms with Gasteiger partial charge in [0.2, 0.25) is 0 Å². The van der Waals surface area contributed by atoms with Crippen molar-refractivity contribution in [2.75, 3.05) is 6.54 Å². The van der Waals surface area contributed by atoms with Crippen molar-refractivity contribution in [2.45, 2.75) is 26.8 Å². The summed E-state index contributed by atoms with van der Waals surface area (Å²) in [6.45, 7) is 5.38. The van der Waals surface area contributed by atoms with Crippen LogP contribution in [0.3, 0.4) is 0 Å². The molecule has 0 saturated heterocycles. The molecule has 0 spiro atoms. The molecule has 0 saturated carbocycles. The molecule has 0 aliphatic rings. The number of rotatable bonds is 6. The van der Waals surface area contributed by atoms with Gasteiger partial charge in [-0.2, -0.15) is 5.10 Å². The molecule has 0 unspecified atom stereocenters. The molecule has 0 radical (unpaired) electrons. The summed E-state index contributed by atoms with van der Waals surface area (Å²) in [4.78, 5) is 12.3. The summed E-state index contributed by atoms with van der Waals surface area (Å²) >= 11 is 0. The van der Waals surface area contributed by atoms with Gasteiger partial charge in [0.1, 0.15) is 0 Å². The summed E-state index contributed by atoms with van der Waals surface area (Å²) in [5, 5.41) is 18.8. The molecule has 1 aromatic carbocycles. The summed E-state index contributed by atoms with van der Waals surface area (Å²) in [6, 6.07) is 9.33. The van der Waals surface area contributed by atoms with Gasteiger partial charge in [0.15, 0.2) is 5.82 Å². The molecule has 0 atom stereocenters. The average molecular weight is 339 g/mol. The highest BCUT2D eigenvalue weighted by molar-refractivity contribution is 5.95. The van der Waals surface area contributed by atoms with E-state index in [0.29, 0.717) is 17.9 Å². The van der Waals surface area contributed by atoms with Gasteiger partial charge in [-0.25, -0.2) is 4.68 Å². The smallest absolute Gasteiger partial charge is 0.251 e. The van der Waals surface area contributed by atoms with Crippen molar-refractivity contribution in [3.63, 3.8) is 0 Å². The highest BCUT2D eigenvalue weighted by Crippen LogP contribution is 2.16. The number of tetrazole rings is 1. The van der Waals surface area contributed by atoms with Gasteiger partial charge in [0, 0.05) is 37.0 Å². The van der Waals surface area contributed by atoms with Crippen LogP contribution in [0.2, 0.25) is 0 Å². The number of nitrogens with zero attached hydrogens (tertiary/aromatic N) is 6. The fourth-order valence-electron chi connectivity index (χ4n) is 2.71. The number of hydrogen-bond donors (Lipinski definition) is 1. The lowest BCUT2D eigenvalue weighted by Crippen LogP contribution is -2.25. The topological polar surface area (TPSA) is 90.5 Å². The predicted octanol–water partition coefficient (Wildman–Crippen LogP) is 1.51. The van der Waals surface area contributed by atoms with Crippen LogP contribution in [0, 0.1) is 13.8 Å². The van der Waals surface area contributed by atoms with Crippen molar-refractivity contribution in [3.05, 3.63) is 47.3 Å². The number of carbonyl (C=O) groups excluding carboxylic acids is 1. The zero-order chi connectivity index (χ0) is 17.8. The molecule has 0 bridgehead atoms. The molecule has 1 amide bonds. The van der Waals surface area contributed by atoms with Gasteiger partial charge in [0.25, 0.3) is 5.91 Å². The van der Waals surface area contributed by atoms with Gasteiger partial charge in [-0.3, -0.25) is 9.48 Å². The van der Waals surface area contributed by atoms with Crippen LogP contribution in [0.4, 0.5) is 0 Å². The van der Waals surface area contributed by atoms with Crippen molar-refractivity contribution in [3.8, 4) is 11.4 Å². The first-order chi connectivity index (χ1) is 12.0. The molecule has 0 fully saturated rings. The molecular weight excluding hydrogens is 318 g/mol. The third-order valence-corrected chi connectivity index (χ3v) is 3.94. The van der Waals surface area contributed by atoms with E-state index in [9.17, 15) is 4.79 Å². The van der Waals surface area contributed by atoms with Crippen molar-refractivity contribution in [1.29, 1.82) is 0 Å². The lowest BCUT2D eigenvalue weighted by atomic mass is 10.1. The van der Waals surface area contributed by atoms with E-state index in [0.717, 1.165) is 29.9 Å². The van der Waals surface area contributed by atoms with Gasteiger partial charge in [-0.1, -0.05) is 12.1 Å². The second kappa shape index (κ2) is 7.25. The van der Waals surface area contributed by atoms with Crippen molar-refractivity contribution in [2.24, 2.45) is 7.05 Å². The first-order valence-corrected chi connectivity index (χ1v) is 8.16. The Morgan fingerprint density at radius 2 is 2.08 bits per heavy atom. The van der Waals surface area contributed by atoms with Crippen LogP contribution >= 0.6 is 0 Å². The van der Waals surface area contributed by atoms with Gasteiger partial charge >= 0.3 is 0 Å². The third kappa shape index (κ3) is 3.90. The van der Waals surface area contributed by atoms with Crippen LogP contribution in [0.1, 0.15) is 28.2 Å². The first-order valence-electron chi connectivity index (χ1n) is 8.16. The van der Waals surface area contributed by atoms with Crippen LogP contribution in [0.25, 0.3) is 11.4 Å². The molecule has 1 N–H and O–H groups in total. The Kier molecular flexibility index (Phi) is 4.87. The fourth-order valence-corrected chi connectivity index (χ4v) is 2.71. The van der Waals surface area contributed by atoms with Gasteiger partial charge in [-0.15, -0.1) is 5.10 Å². The van der Waals surface area contributed by atoms with Crippen LogP contribution < -0.4 is 5.32 Å². The number of hydrogen-bond acceptors (Lipinski definition) is 5. The Balaban J connectivity index is 1.57. The maximum atomic E-state index is 12.3. The van der Waals surface area contributed by atoms with Crippen LogP contribution in [0.15, 0.2) is 30.3 Å². The second-order valence-corrected chi connectivity index (χ2v) is 5.97. The van der Waals surface area contributed by atoms with Gasteiger partial charge in [-0.05, 0) is 48.9 Å². The summed E-state index contributed by atoms with van der Waals surface area (Å²) in [5.41, 5.74) is 3.54. The minimum absolute atomic E-state index is 0.106. The Morgan fingerprint density at radius 3 is 2.76 bits per heavy atom. The molecule has 2 heterocycles. The summed E-state index contributed by atoms with van der Waals surface area (Å²) in [7, 11) is 1.76. The minimum Gasteiger partial charge on any atom is -0.352 e. The van der Waals surface area contributed by atoms with Crippen LogP contribution in [-0.4, -0.2) is 42.4 Å². The molecular formula is C17H21N7O. The fraction of sp³-hybridized carbons (Fsp3) is 0.353. The van der Waals surface area contributed by atoms with E-state index < -0.39 is 0 Å². The molecule has 0 aliphatic carbocycles. The molecule has 3 rings (SSSR count). The van der Waals surface area contributed by atoms with E-state index in [1.165, 1.54) is 0 Å². The summed E-state index contributed by atoms with van der Waals surface area (Å²) in [6.07, 6.45) is 0.820. The number of amides is 1. The van der Waals surface area contributed by atoms with E-state index in [2.05, 4.69) is 25.9 Å². The van der Waals surface area contributed by atoms with E-state index in [4.69, 9.17) is 0 Å². The number of benzene rings is 1. The zero-order valence-electron chi connectivity index (χ0n) is 14.6. The second-order valence-electron chi connectivity index (χ2n) is 5.97. The molecule has 8 heteroatoms. The predicted molar refractivity (Wildman–Crippen MR) is 92.9 cm³/mol. The van der Waals surface area contributed by atoms with Crippen molar-refractivity contribution >= 4 is 5.91 Å². The monoisotopic (exact) mass is 339 g/mol. The highest BCUT2D eigenvalue weighted by Gasteiger charge is 2.10. The quantitative estimate of drug-likeness (QED) is 0.688. The first kappa shape index (κ1) is 16.8. The van der Waals surface area contributed by atoms with Crippen LogP contribution in [-0.2, 0) is 13.6 Å². The normalized spacial score (nSPS) is 10.8. The zero-order valence-corrected chi connectivity index (χ0v) is 14.6.